The van der Waals surface area contributed by atoms with Crippen LogP contribution in [0.15, 0.2) is 47.2 Å². The molecule has 2 nitrogen and oxygen atoms in total. The molecule has 0 N–H and O–H groups in total. The Kier molecular flexibility index (Phi) is 2.29. The van der Waals surface area contributed by atoms with E-state index in [1.165, 1.54) is 9.40 Å². The third-order valence-electron chi connectivity index (χ3n) is 5.33. The third kappa shape index (κ3) is 1.42. The second-order valence-corrected chi connectivity index (χ2v) is 8.37. The second-order valence-electron chi connectivity index (χ2n) is 6.47. The molecule has 2 aromatic carbocycles. The number of rotatable bonds is 0. The first-order valence-electron chi connectivity index (χ1n) is 7.82. The number of fused-ring (bicyclic) bond motifs is 3. The molecule has 2 bridgehead atoms. The molecule has 0 amide bonds. The van der Waals surface area contributed by atoms with Gasteiger partial charge in [0.25, 0.3) is 0 Å². The first-order valence-corrected chi connectivity index (χ1v) is 9.58. The summed E-state index contributed by atoms with van der Waals surface area (Å²) >= 11 is 3.36. The van der Waals surface area contributed by atoms with Crippen LogP contribution in [-0.2, 0) is 9.59 Å². The molecule has 24 heavy (non-hydrogen) atoms. The van der Waals surface area contributed by atoms with Crippen molar-refractivity contribution in [3.63, 3.8) is 0 Å². The van der Waals surface area contributed by atoms with E-state index in [-0.39, 0.29) is 11.6 Å². The van der Waals surface area contributed by atoms with Crippen LogP contribution < -0.4 is 0 Å². The van der Waals surface area contributed by atoms with Gasteiger partial charge < -0.3 is 0 Å². The van der Waals surface area contributed by atoms with Crippen LogP contribution >= 0.6 is 22.7 Å². The molecule has 2 heterocycles. The minimum Gasteiger partial charge on any atom is -0.290 e. The standard InChI is InChI=1S/C20H10O2S2/c21-19-17-11-5-9-1-3-23-15(9)7-13(11)18(20(19)22)12-6-10-2-4-24-16(10)8-14(12)17/h1-8,17-18H. The molecule has 2 unspecified atom stereocenters. The lowest BCUT2D eigenvalue weighted by molar-refractivity contribution is -0.138. The molecule has 0 saturated heterocycles. The highest BCUT2D eigenvalue weighted by molar-refractivity contribution is 7.17. The molecule has 0 fully saturated rings. The maximum absolute atomic E-state index is 12.7. The van der Waals surface area contributed by atoms with E-state index in [2.05, 4.69) is 47.2 Å². The molecular formula is C20H10O2S2. The highest BCUT2D eigenvalue weighted by atomic mass is 32.1. The maximum atomic E-state index is 12.7. The summed E-state index contributed by atoms with van der Waals surface area (Å²) in [6.45, 7) is 0. The monoisotopic (exact) mass is 346 g/mol. The summed E-state index contributed by atoms with van der Waals surface area (Å²) in [5, 5.41) is 6.44. The van der Waals surface area contributed by atoms with Gasteiger partial charge in [-0.3, -0.25) is 9.59 Å². The Bertz CT molecular complexity index is 1040. The molecule has 114 valence electrons. The van der Waals surface area contributed by atoms with Crippen LogP contribution in [0.2, 0.25) is 0 Å². The lowest BCUT2D eigenvalue weighted by Gasteiger charge is -2.38. The molecule has 3 aliphatic rings. The summed E-state index contributed by atoms with van der Waals surface area (Å²) in [6, 6.07) is 12.6. The van der Waals surface area contributed by atoms with Gasteiger partial charge in [-0.15, -0.1) is 22.7 Å². The number of benzene rings is 2. The maximum Gasteiger partial charge on any atom is 0.211 e. The van der Waals surface area contributed by atoms with E-state index in [9.17, 15) is 9.59 Å². The SMILES string of the molecule is O=C1C(=O)C2c3cc4ccsc4cc3C1c1cc3ccsc3cc12. The zero-order chi connectivity index (χ0) is 16.0. The number of thiophene rings is 2. The molecule has 0 radical (unpaired) electrons. The van der Waals surface area contributed by atoms with Crippen LogP contribution in [0.1, 0.15) is 34.1 Å². The molecule has 4 aromatic rings. The molecular weight excluding hydrogens is 336 g/mol. The van der Waals surface area contributed by atoms with Gasteiger partial charge in [0, 0.05) is 9.40 Å². The van der Waals surface area contributed by atoms with E-state index >= 15 is 0 Å². The summed E-state index contributed by atoms with van der Waals surface area (Å²) < 4.78 is 2.36. The molecule has 0 aliphatic heterocycles. The lowest BCUT2D eigenvalue weighted by Crippen LogP contribution is -2.40. The molecule has 7 rings (SSSR count). The average molecular weight is 346 g/mol. The van der Waals surface area contributed by atoms with E-state index in [1.54, 1.807) is 22.7 Å². The van der Waals surface area contributed by atoms with Gasteiger partial charge in [-0.1, -0.05) is 0 Å². The summed E-state index contributed by atoms with van der Waals surface area (Å²) in [5.41, 5.74) is 4.11. The largest absolute Gasteiger partial charge is 0.290 e. The van der Waals surface area contributed by atoms with Crippen LogP contribution in [-0.4, -0.2) is 11.6 Å². The molecule has 2 atom stereocenters. The molecule has 0 spiro atoms. The highest BCUT2D eigenvalue weighted by Crippen LogP contribution is 2.51. The summed E-state index contributed by atoms with van der Waals surface area (Å²) in [4.78, 5) is 25.4. The van der Waals surface area contributed by atoms with Gasteiger partial charge in [-0.2, -0.15) is 0 Å². The average Bonchev–Trinajstić information content (AvgIpc) is 3.21. The van der Waals surface area contributed by atoms with Crippen LogP contribution in [0.5, 0.6) is 0 Å². The fraction of sp³-hybridized carbons (Fsp3) is 0.100. The Morgan fingerprint density at radius 2 is 1.04 bits per heavy atom. The van der Waals surface area contributed by atoms with Crippen molar-refractivity contribution in [2.75, 3.05) is 0 Å². The Morgan fingerprint density at radius 3 is 1.50 bits per heavy atom. The van der Waals surface area contributed by atoms with Gasteiger partial charge in [0.15, 0.2) is 0 Å². The Hall–Kier alpha value is -2.30. The smallest absolute Gasteiger partial charge is 0.211 e. The number of hydrogen-bond donors (Lipinski definition) is 0. The van der Waals surface area contributed by atoms with Crippen LogP contribution in [0.25, 0.3) is 20.2 Å². The van der Waals surface area contributed by atoms with Crippen LogP contribution in [0, 0.1) is 0 Å². The first-order chi connectivity index (χ1) is 11.7. The van der Waals surface area contributed by atoms with Crippen molar-refractivity contribution in [2.24, 2.45) is 0 Å². The predicted molar refractivity (Wildman–Crippen MR) is 97.4 cm³/mol. The highest BCUT2D eigenvalue weighted by Gasteiger charge is 2.49. The lowest BCUT2D eigenvalue weighted by atomic mass is 9.62. The van der Waals surface area contributed by atoms with Gasteiger partial charge >= 0.3 is 0 Å². The summed E-state index contributed by atoms with van der Waals surface area (Å²) in [6.07, 6.45) is 0. The van der Waals surface area contributed by atoms with Crippen molar-refractivity contribution >= 4 is 54.4 Å². The van der Waals surface area contributed by atoms with E-state index in [0.29, 0.717) is 0 Å². The van der Waals surface area contributed by atoms with Gasteiger partial charge in [0.1, 0.15) is 0 Å². The molecule has 2 aromatic heterocycles. The second kappa shape index (κ2) is 4.21. The topological polar surface area (TPSA) is 34.1 Å². The number of carbonyl (C=O) groups is 2. The van der Waals surface area contributed by atoms with E-state index in [1.807, 2.05) is 0 Å². The van der Waals surface area contributed by atoms with E-state index in [4.69, 9.17) is 0 Å². The number of carbonyl (C=O) groups excluding carboxylic acids is 2. The minimum absolute atomic E-state index is 0.245. The first kappa shape index (κ1) is 13.0. The van der Waals surface area contributed by atoms with Gasteiger partial charge in [0.05, 0.1) is 11.8 Å². The number of ketones is 2. The van der Waals surface area contributed by atoms with Crippen molar-refractivity contribution in [3.8, 4) is 0 Å². The Balaban J connectivity index is 1.76. The van der Waals surface area contributed by atoms with E-state index in [0.717, 1.165) is 33.0 Å². The zero-order valence-corrected chi connectivity index (χ0v) is 14.0. The van der Waals surface area contributed by atoms with Crippen molar-refractivity contribution in [1.29, 1.82) is 0 Å². The minimum atomic E-state index is -0.428. The fourth-order valence-electron chi connectivity index (χ4n) is 4.27. The Morgan fingerprint density at radius 1 is 0.625 bits per heavy atom. The fourth-order valence-corrected chi connectivity index (χ4v) is 5.91. The molecule has 3 aliphatic carbocycles. The van der Waals surface area contributed by atoms with Gasteiger partial charge in [-0.25, -0.2) is 0 Å². The van der Waals surface area contributed by atoms with Crippen LogP contribution in [0.4, 0.5) is 0 Å². The van der Waals surface area contributed by atoms with Crippen molar-refractivity contribution in [3.05, 3.63) is 69.4 Å². The number of hydrogen-bond acceptors (Lipinski definition) is 4. The van der Waals surface area contributed by atoms with Crippen LogP contribution in [0.3, 0.4) is 0 Å². The van der Waals surface area contributed by atoms with Crippen molar-refractivity contribution in [1.82, 2.24) is 0 Å². The Labute approximate surface area is 145 Å². The molecule has 0 saturated carbocycles. The predicted octanol–water partition coefficient (Wildman–Crippen LogP) is 4.85. The summed E-state index contributed by atoms with van der Waals surface area (Å²) in [7, 11) is 0. The summed E-state index contributed by atoms with van der Waals surface area (Å²) in [5.74, 6) is -1.34. The quantitative estimate of drug-likeness (QED) is 0.427. The number of Topliss-reactive ketones (excluding diaryl/α,β-unsaturated/α-hetero) is 2. The van der Waals surface area contributed by atoms with Gasteiger partial charge in [-0.05, 0) is 80.2 Å². The van der Waals surface area contributed by atoms with E-state index < -0.39 is 11.8 Å². The van der Waals surface area contributed by atoms with Gasteiger partial charge in [0.2, 0.25) is 11.6 Å². The van der Waals surface area contributed by atoms with Crippen molar-refractivity contribution in [2.45, 2.75) is 11.8 Å². The zero-order valence-electron chi connectivity index (χ0n) is 12.4. The normalized spacial score (nSPS) is 21.5. The third-order valence-corrected chi connectivity index (χ3v) is 7.09. The van der Waals surface area contributed by atoms with Crippen molar-refractivity contribution < 1.29 is 9.59 Å². The molecule has 4 heteroatoms.